The lowest BCUT2D eigenvalue weighted by Gasteiger charge is -2.17. The third-order valence-electron chi connectivity index (χ3n) is 3.03. The minimum Gasteiger partial charge on any atom is -0.382 e. The van der Waals surface area contributed by atoms with Gasteiger partial charge in [0.15, 0.2) is 11.6 Å². The highest BCUT2D eigenvalue weighted by Gasteiger charge is 2.25. The fraction of sp³-hybridized carbons (Fsp3) is 0.692. The van der Waals surface area contributed by atoms with E-state index in [1.54, 1.807) is 0 Å². The number of carbonyl (C=O) groups is 2. The number of ketones is 2. The number of allylic oxidation sites excluding steroid dienone is 1. The van der Waals surface area contributed by atoms with Gasteiger partial charge >= 0.3 is 0 Å². The lowest BCUT2D eigenvalue weighted by molar-refractivity contribution is -0.138. The summed E-state index contributed by atoms with van der Waals surface area (Å²) in [6.07, 6.45) is 2.17. The standard InChI is InChI=1S/C13H20O5/c1-17-8-12(18-2)13(16)11(15)7-9-5-3-4-6-10(9)14/h7,11-12,15H,3-6,8H2,1-2H3/b9-7+/t11-,12-/m1/s1. The number of aliphatic hydroxyl groups is 1. The minimum absolute atomic E-state index is 0.0220. The predicted molar refractivity (Wildman–Crippen MR) is 65.2 cm³/mol. The molecule has 0 aliphatic heterocycles. The molecule has 1 fully saturated rings. The van der Waals surface area contributed by atoms with E-state index in [0.29, 0.717) is 18.4 Å². The normalized spacial score (nSPS) is 21.9. The SMILES string of the molecule is COC[C@@H](OC)C(=O)[C@H](O)/C=C1\CCCCC1=O. The van der Waals surface area contributed by atoms with Crippen LogP contribution in [0, 0.1) is 0 Å². The van der Waals surface area contributed by atoms with E-state index in [1.165, 1.54) is 20.3 Å². The summed E-state index contributed by atoms with van der Waals surface area (Å²) >= 11 is 0. The fourth-order valence-electron chi connectivity index (χ4n) is 1.96. The van der Waals surface area contributed by atoms with Crippen LogP contribution >= 0.6 is 0 Å². The Balaban J connectivity index is 2.67. The maximum absolute atomic E-state index is 11.8. The molecule has 2 atom stereocenters. The molecule has 0 aromatic heterocycles. The van der Waals surface area contributed by atoms with Gasteiger partial charge in [-0.25, -0.2) is 0 Å². The van der Waals surface area contributed by atoms with Crippen molar-refractivity contribution in [2.24, 2.45) is 0 Å². The van der Waals surface area contributed by atoms with Crippen LogP contribution in [-0.2, 0) is 19.1 Å². The van der Waals surface area contributed by atoms with Crippen molar-refractivity contribution in [2.75, 3.05) is 20.8 Å². The lowest BCUT2D eigenvalue weighted by atomic mass is 9.91. The maximum atomic E-state index is 11.8. The van der Waals surface area contributed by atoms with E-state index >= 15 is 0 Å². The summed E-state index contributed by atoms with van der Waals surface area (Å²) in [4.78, 5) is 23.4. The smallest absolute Gasteiger partial charge is 0.196 e. The summed E-state index contributed by atoms with van der Waals surface area (Å²) in [5, 5.41) is 9.80. The summed E-state index contributed by atoms with van der Waals surface area (Å²) in [5.74, 6) is -0.459. The van der Waals surface area contributed by atoms with Crippen LogP contribution in [0.1, 0.15) is 25.7 Å². The van der Waals surface area contributed by atoms with Crippen LogP contribution in [0.4, 0.5) is 0 Å². The van der Waals surface area contributed by atoms with Crippen LogP contribution in [-0.4, -0.2) is 49.7 Å². The molecule has 0 saturated heterocycles. The molecule has 0 heterocycles. The molecule has 0 spiro atoms. The summed E-state index contributed by atoms with van der Waals surface area (Å²) in [6, 6.07) is 0. The van der Waals surface area contributed by atoms with E-state index < -0.39 is 18.0 Å². The molecular weight excluding hydrogens is 236 g/mol. The Morgan fingerprint density at radius 3 is 2.61 bits per heavy atom. The molecular formula is C13H20O5. The first-order valence-corrected chi connectivity index (χ1v) is 6.07. The van der Waals surface area contributed by atoms with Gasteiger partial charge in [0, 0.05) is 20.6 Å². The zero-order valence-electron chi connectivity index (χ0n) is 10.8. The number of hydrogen-bond donors (Lipinski definition) is 1. The van der Waals surface area contributed by atoms with Crippen LogP contribution in [0.3, 0.4) is 0 Å². The Labute approximate surface area is 107 Å². The molecule has 0 bridgehead atoms. The Kier molecular flexibility index (Phi) is 6.18. The van der Waals surface area contributed by atoms with Gasteiger partial charge in [-0.15, -0.1) is 0 Å². The monoisotopic (exact) mass is 256 g/mol. The van der Waals surface area contributed by atoms with Crippen molar-refractivity contribution in [3.63, 3.8) is 0 Å². The van der Waals surface area contributed by atoms with Crippen molar-refractivity contribution in [3.8, 4) is 0 Å². The molecule has 0 aromatic carbocycles. The Morgan fingerprint density at radius 2 is 2.06 bits per heavy atom. The van der Waals surface area contributed by atoms with Gasteiger partial charge in [-0.1, -0.05) is 0 Å². The quantitative estimate of drug-likeness (QED) is 0.706. The largest absolute Gasteiger partial charge is 0.382 e. The van der Waals surface area contributed by atoms with Crippen LogP contribution < -0.4 is 0 Å². The molecule has 5 heteroatoms. The first-order valence-electron chi connectivity index (χ1n) is 6.07. The average Bonchev–Trinajstić information content (AvgIpc) is 2.37. The number of hydrogen-bond acceptors (Lipinski definition) is 5. The number of rotatable bonds is 6. The van der Waals surface area contributed by atoms with E-state index in [4.69, 9.17) is 9.47 Å². The van der Waals surface area contributed by atoms with E-state index in [9.17, 15) is 14.7 Å². The molecule has 1 rings (SSSR count). The van der Waals surface area contributed by atoms with E-state index in [1.807, 2.05) is 0 Å². The molecule has 1 aliphatic carbocycles. The van der Waals surface area contributed by atoms with Gasteiger partial charge in [0.25, 0.3) is 0 Å². The first kappa shape index (κ1) is 15.0. The van der Waals surface area contributed by atoms with Gasteiger partial charge < -0.3 is 14.6 Å². The third-order valence-corrected chi connectivity index (χ3v) is 3.03. The van der Waals surface area contributed by atoms with Crippen molar-refractivity contribution in [3.05, 3.63) is 11.6 Å². The van der Waals surface area contributed by atoms with Crippen LogP contribution in [0.2, 0.25) is 0 Å². The first-order chi connectivity index (χ1) is 8.60. The molecule has 0 aromatic rings. The lowest BCUT2D eigenvalue weighted by Crippen LogP contribution is -2.36. The number of aliphatic hydroxyl groups excluding tert-OH is 1. The van der Waals surface area contributed by atoms with Crippen LogP contribution in [0.15, 0.2) is 11.6 Å². The molecule has 0 unspecified atom stereocenters. The van der Waals surface area contributed by atoms with Gasteiger partial charge in [-0.2, -0.15) is 0 Å². The highest BCUT2D eigenvalue weighted by molar-refractivity contribution is 5.98. The van der Waals surface area contributed by atoms with Crippen molar-refractivity contribution < 1.29 is 24.2 Å². The van der Waals surface area contributed by atoms with Gasteiger partial charge in [-0.3, -0.25) is 9.59 Å². The zero-order chi connectivity index (χ0) is 13.5. The second-order valence-electron chi connectivity index (χ2n) is 4.35. The maximum Gasteiger partial charge on any atom is 0.196 e. The highest BCUT2D eigenvalue weighted by atomic mass is 16.5. The number of Topliss-reactive ketones (excluding diaryl/α,β-unsaturated/α-hetero) is 2. The fourth-order valence-corrected chi connectivity index (χ4v) is 1.96. The molecule has 5 nitrogen and oxygen atoms in total. The molecule has 1 aliphatic rings. The molecule has 18 heavy (non-hydrogen) atoms. The van der Waals surface area contributed by atoms with Crippen molar-refractivity contribution in [2.45, 2.75) is 37.9 Å². The summed E-state index contributed by atoms with van der Waals surface area (Å²) < 4.78 is 9.77. The van der Waals surface area contributed by atoms with Gasteiger partial charge in [-0.05, 0) is 30.9 Å². The molecule has 0 radical (unpaired) electrons. The second-order valence-corrected chi connectivity index (χ2v) is 4.35. The predicted octanol–water partition coefficient (Wildman–Crippen LogP) is 0.647. The molecule has 1 saturated carbocycles. The minimum atomic E-state index is -1.30. The van der Waals surface area contributed by atoms with E-state index in [-0.39, 0.29) is 12.4 Å². The van der Waals surface area contributed by atoms with Gasteiger partial charge in [0.05, 0.1) is 6.61 Å². The Hall–Kier alpha value is -1.04. The number of carbonyl (C=O) groups excluding carboxylic acids is 2. The highest BCUT2D eigenvalue weighted by Crippen LogP contribution is 2.20. The average molecular weight is 256 g/mol. The molecule has 102 valence electrons. The summed E-state index contributed by atoms with van der Waals surface area (Å²) in [6.45, 7) is 0.0868. The van der Waals surface area contributed by atoms with Crippen molar-refractivity contribution >= 4 is 11.6 Å². The van der Waals surface area contributed by atoms with E-state index in [2.05, 4.69) is 0 Å². The summed E-state index contributed by atoms with van der Waals surface area (Å²) in [7, 11) is 2.84. The van der Waals surface area contributed by atoms with Gasteiger partial charge in [0.2, 0.25) is 0 Å². The zero-order valence-corrected chi connectivity index (χ0v) is 10.8. The number of methoxy groups -OCH3 is 2. The van der Waals surface area contributed by atoms with E-state index in [0.717, 1.165) is 12.8 Å². The topological polar surface area (TPSA) is 72.8 Å². The third kappa shape index (κ3) is 4.01. The Morgan fingerprint density at radius 1 is 1.39 bits per heavy atom. The van der Waals surface area contributed by atoms with Crippen LogP contribution in [0.25, 0.3) is 0 Å². The van der Waals surface area contributed by atoms with Crippen molar-refractivity contribution in [1.82, 2.24) is 0 Å². The molecule has 0 amide bonds. The second kappa shape index (κ2) is 7.41. The van der Waals surface area contributed by atoms with Crippen molar-refractivity contribution in [1.29, 1.82) is 0 Å². The molecule has 1 N–H and O–H groups in total. The number of ether oxygens (including phenoxy) is 2. The Bertz CT molecular complexity index is 334. The van der Waals surface area contributed by atoms with Crippen LogP contribution in [0.5, 0.6) is 0 Å². The summed E-state index contributed by atoms with van der Waals surface area (Å²) in [5.41, 5.74) is 0.550. The van der Waals surface area contributed by atoms with Gasteiger partial charge in [0.1, 0.15) is 12.2 Å².